The first-order valence-electron chi connectivity index (χ1n) is 13.3. The molecule has 0 aliphatic rings. The quantitative estimate of drug-likeness (QED) is 0.154. The Hall–Kier alpha value is -3.90. The summed E-state index contributed by atoms with van der Waals surface area (Å²) in [5, 5.41) is 9.83. The molecule has 3 nitrogen and oxygen atoms in total. The maximum Gasteiger partial charge on any atom is 0.176 e. The molecule has 0 bridgehead atoms. The fraction of sp³-hybridized carbons (Fsp3) is 0.176. The predicted octanol–water partition coefficient (Wildman–Crippen LogP) is 8.26. The highest BCUT2D eigenvalue weighted by atomic mass is 31.2. The second-order valence-corrected chi connectivity index (χ2v) is 12.3. The van der Waals surface area contributed by atoms with Crippen LogP contribution in [-0.4, -0.2) is 9.78 Å². The van der Waals surface area contributed by atoms with Gasteiger partial charge in [-0.3, -0.25) is 4.68 Å². The molecule has 0 fully saturated rings. The van der Waals surface area contributed by atoms with Gasteiger partial charge in [-0.05, 0) is 48.2 Å². The van der Waals surface area contributed by atoms with Crippen LogP contribution in [0.1, 0.15) is 32.4 Å². The number of nitrogens with zero attached hydrogens (tertiary/aromatic N) is 2. The van der Waals surface area contributed by atoms with Gasteiger partial charge in [0.2, 0.25) is 0 Å². The third kappa shape index (κ3) is 5.09. The summed E-state index contributed by atoms with van der Waals surface area (Å²) < 4.78 is 17.2. The van der Waals surface area contributed by atoms with Gasteiger partial charge in [0.1, 0.15) is 0 Å². The molecule has 190 valence electrons. The van der Waals surface area contributed by atoms with Gasteiger partial charge < -0.3 is 4.57 Å². The third-order valence-corrected chi connectivity index (χ3v) is 10.2. The summed E-state index contributed by atoms with van der Waals surface area (Å²) in [6.45, 7) is 6.74. The molecule has 0 spiro atoms. The monoisotopic (exact) mass is 516 g/mol. The highest BCUT2D eigenvalue weighted by Gasteiger charge is 2.32. The Bertz CT molecular complexity index is 1630. The Morgan fingerprint density at radius 1 is 0.763 bits per heavy atom. The van der Waals surface area contributed by atoms with Crippen molar-refractivity contribution in [3.63, 3.8) is 0 Å². The van der Waals surface area contributed by atoms with Gasteiger partial charge in [0.25, 0.3) is 0 Å². The number of hydrogen-bond donors (Lipinski definition) is 0. The molecule has 1 heterocycles. The summed E-state index contributed by atoms with van der Waals surface area (Å²) in [4.78, 5) is 0. The van der Waals surface area contributed by atoms with E-state index < -0.39 is 7.14 Å². The molecule has 0 saturated heterocycles. The van der Waals surface area contributed by atoms with Crippen LogP contribution in [0.5, 0.6) is 0 Å². The maximum absolute atomic E-state index is 15.3. The molecular formula is C34H33N2OP. The van der Waals surface area contributed by atoms with E-state index in [0.717, 1.165) is 51.3 Å². The number of hydrogen-bond acceptors (Lipinski definition) is 2. The van der Waals surface area contributed by atoms with E-state index in [0.29, 0.717) is 6.54 Å². The standard InChI is InChI=1S/C34H33N2OP/c1-4-27(5-2)23-33(38(37,31-16-8-6-9-17-31)32-18-10-7-11-19-32)25-36-26(3)22-34(35-36)30-21-20-28-14-12-13-15-29(28)24-30/h6-22,24H,4-5,25H2,1-3H3. The number of allylic oxidation sites excluding steroid dienone is 1. The first-order chi connectivity index (χ1) is 18.5. The lowest BCUT2D eigenvalue weighted by Crippen LogP contribution is -2.20. The Morgan fingerprint density at radius 3 is 1.95 bits per heavy atom. The van der Waals surface area contributed by atoms with Crippen molar-refractivity contribution in [2.75, 3.05) is 0 Å². The molecule has 38 heavy (non-hydrogen) atoms. The van der Waals surface area contributed by atoms with E-state index in [1.807, 2.05) is 65.3 Å². The fourth-order valence-electron chi connectivity index (χ4n) is 4.89. The minimum atomic E-state index is -3.17. The van der Waals surface area contributed by atoms with Crippen molar-refractivity contribution >= 4 is 28.5 Å². The second-order valence-electron chi connectivity index (χ2n) is 9.55. The lowest BCUT2D eigenvalue weighted by molar-refractivity contribution is 0.585. The zero-order valence-electron chi connectivity index (χ0n) is 22.3. The summed E-state index contributed by atoms with van der Waals surface area (Å²) in [6, 6.07) is 36.6. The largest absolute Gasteiger partial charge is 0.308 e. The summed E-state index contributed by atoms with van der Waals surface area (Å²) >= 11 is 0. The molecule has 0 unspecified atom stereocenters. The summed E-state index contributed by atoms with van der Waals surface area (Å²) in [6.07, 6.45) is 1.73. The lowest BCUT2D eigenvalue weighted by Gasteiger charge is -2.22. The molecule has 0 N–H and O–H groups in total. The fourth-order valence-corrected chi connectivity index (χ4v) is 7.64. The average Bonchev–Trinajstić information content (AvgIpc) is 3.35. The van der Waals surface area contributed by atoms with Gasteiger partial charge in [-0.2, -0.15) is 5.10 Å². The Kier molecular flexibility index (Phi) is 7.61. The van der Waals surface area contributed by atoms with E-state index in [1.54, 1.807) is 0 Å². The van der Waals surface area contributed by atoms with Crippen LogP contribution in [0.25, 0.3) is 22.0 Å². The number of fused-ring (bicyclic) bond motifs is 1. The van der Waals surface area contributed by atoms with Crippen molar-refractivity contribution in [1.82, 2.24) is 9.78 Å². The van der Waals surface area contributed by atoms with E-state index >= 15 is 4.57 Å². The van der Waals surface area contributed by atoms with Crippen molar-refractivity contribution < 1.29 is 4.57 Å². The summed E-state index contributed by atoms with van der Waals surface area (Å²) in [7, 11) is -3.17. The van der Waals surface area contributed by atoms with Crippen molar-refractivity contribution in [2.24, 2.45) is 0 Å². The predicted molar refractivity (Wildman–Crippen MR) is 161 cm³/mol. The topological polar surface area (TPSA) is 34.9 Å². The van der Waals surface area contributed by atoms with E-state index in [9.17, 15) is 0 Å². The first-order valence-corrected chi connectivity index (χ1v) is 15.0. The molecule has 0 aliphatic heterocycles. The van der Waals surface area contributed by atoms with Crippen LogP contribution in [0.15, 0.2) is 126 Å². The molecule has 0 radical (unpaired) electrons. The average molecular weight is 517 g/mol. The normalized spacial score (nSPS) is 11.3. The Morgan fingerprint density at radius 2 is 1.34 bits per heavy atom. The molecule has 0 atom stereocenters. The van der Waals surface area contributed by atoms with Crippen LogP contribution in [0.4, 0.5) is 0 Å². The molecule has 0 aliphatic carbocycles. The van der Waals surface area contributed by atoms with E-state index in [-0.39, 0.29) is 0 Å². The highest BCUT2D eigenvalue weighted by Crippen LogP contribution is 2.52. The van der Waals surface area contributed by atoms with Crippen LogP contribution in [0, 0.1) is 6.92 Å². The van der Waals surface area contributed by atoms with Gasteiger partial charge in [0.15, 0.2) is 7.14 Å². The minimum absolute atomic E-state index is 0.407. The SMILES string of the molecule is CCC(=C=C(Cn1nc(-c2ccc3ccccc3c2)cc1C)P(=O)(c1ccccc1)c1ccccc1)CC. The van der Waals surface area contributed by atoms with Crippen molar-refractivity contribution in [3.8, 4) is 11.3 Å². The Balaban J connectivity index is 1.65. The Labute approximate surface area is 225 Å². The molecule has 4 heteroatoms. The smallest absolute Gasteiger partial charge is 0.176 e. The van der Waals surface area contributed by atoms with Gasteiger partial charge in [0, 0.05) is 21.9 Å². The zero-order chi connectivity index (χ0) is 26.5. The first kappa shape index (κ1) is 25.7. The number of aryl methyl sites for hydroxylation is 1. The van der Waals surface area contributed by atoms with E-state index in [4.69, 9.17) is 5.10 Å². The highest BCUT2D eigenvalue weighted by molar-refractivity contribution is 7.82. The van der Waals surface area contributed by atoms with E-state index in [2.05, 4.69) is 75.0 Å². The molecule has 5 aromatic rings. The van der Waals surface area contributed by atoms with Crippen LogP contribution in [0.3, 0.4) is 0 Å². The summed E-state index contributed by atoms with van der Waals surface area (Å²) in [5.74, 6) is 0. The molecule has 1 aromatic heterocycles. The number of aromatic nitrogens is 2. The van der Waals surface area contributed by atoms with Crippen LogP contribution >= 0.6 is 7.14 Å². The third-order valence-electron chi connectivity index (χ3n) is 7.12. The molecule has 0 saturated carbocycles. The van der Waals surface area contributed by atoms with E-state index in [1.165, 1.54) is 10.8 Å². The second kappa shape index (κ2) is 11.2. The van der Waals surface area contributed by atoms with Gasteiger partial charge in [-0.1, -0.05) is 111 Å². The van der Waals surface area contributed by atoms with Gasteiger partial charge in [-0.25, -0.2) is 0 Å². The van der Waals surface area contributed by atoms with Gasteiger partial charge in [-0.15, -0.1) is 5.73 Å². The molecular weight excluding hydrogens is 483 g/mol. The lowest BCUT2D eigenvalue weighted by atomic mass is 10.1. The van der Waals surface area contributed by atoms with Gasteiger partial charge >= 0.3 is 0 Å². The van der Waals surface area contributed by atoms with Crippen LogP contribution < -0.4 is 10.6 Å². The minimum Gasteiger partial charge on any atom is -0.308 e. The molecule has 5 rings (SSSR count). The maximum atomic E-state index is 15.3. The van der Waals surface area contributed by atoms with Crippen LogP contribution in [0.2, 0.25) is 0 Å². The number of benzene rings is 4. The molecule has 4 aromatic carbocycles. The number of rotatable bonds is 8. The van der Waals surface area contributed by atoms with Crippen molar-refractivity contribution in [1.29, 1.82) is 0 Å². The summed E-state index contributed by atoms with van der Waals surface area (Å²) in [5.41, 5.74) is 7.82. The van der Waals surface area contributed by atoms with Gasteiger partial charge in [0.05, 0.1) is 17.6 Å². The van der Waals surface area contributed by atoms with Crippen molar-refractivity contribution in [3.05, 3.63) is 132 Å². The van der Waals surface area contributed by atoms with Crippen LogP contribution in [-0.2, 0) is 11.1 Å². The zero-order valence-corrected chi connectivity index (χ0v) is 23.2. The van der Waals surface area contributed by atoms with Crippen molar-refractivity contribution in [2.45, 2.75) is 40.2 Å². The molecule has 0 amide bonds.